The highest BCUT2D eigenvalue weighted by Gasteiger charge is 2.37. The Morgan fingerprint density at radius 3 is 2.39 bits per heavy atom. The van der Waals surface area contributed by atoms with Crippen LogP contribution in [0.4, 0.5) is 8.78 Å². The first kappa shape index (κ1) is 22.7. The van der Waals surface area contributed by atoms with Crippen molar-refractivity contribution in [2.45, 2.75) is 58.4 Å². The molecular formula is C24H27F2N7. The zero-order valence-electron chi connectivity index (χ0n) is 18.8. The van der Waals surface area contributed by atoms with E-state index < -0.39 is 5.92 Å². The van der Waals surface area contributed by atoms with Crippen molar-refractivity contribution in [1.29, 1.82) is 0 Å². The van der Waals surface area contributed by atoms with Gasteiger partial charge in [-0.3, -0.25) is 0 Å². The standard InChI is InChI=1S/C24H27F2N7/c1-3-5-10-21-27-23(24(25,26)15-4-2)33(30-21)16-17-11-13-18(14-12-17)19-8-6-7-9-20(19)22-28-31-32-29-22/h6-9,11-14H,3-5,10,15-16H2,1-2H3,(H,28,29,31,32). The predicted molar refractivity (Wildman–Crippen MR) is 122 cm³/mol. The maximum absolute atomic E-state index is 14.8. The van der Waals surface area contributed by atoms with Gasteiger partial charge in [-0.25, -0.2) is 9.67 Å². The molecule has 0 amide bonds. The summed E-state index contributed by atoms with van der Waals surface area (Å²) in [5.74, 6) is -2.26. The van der Waals surface area contributed by atoms with Gasteiger partial charge in [0.15, 0.2) is 11.6 Å². The number of hydrogen-bond donors (Lipinski definition) is 1. The van der Waals surface area contributed by atoms with Crippen molar-refractivity contribution < 1.29 is 8.78 Å². The van der Waals surface area contributed by atoms with Crippen LogP contribution in [0.3, 0.4) is 0 Å². The van der Waals surface area contributed by atoms with Crippen molar-refractivity contribution in [1.82, 2.24) is 35.4 Å². The Morgan fingerprint density at radius 2 is 1.73 bits per heavy atom. The largest absolute Gasteiger partial charge is 0.306 e. The molecule has 33 heavy (non-hydrogen) atoms. The molecule has 0 spiro atoms. The van der Waals surface area contributed by atoms with E-state index in [1.54, 1.807) is 6.92 Å². The Bertz CT molecular complexity index is 1170. The number of halogens is 2. The molecular weight excluding hydrogens is 424 g/mol. The summed E-state index contributed by atoms with van der Waals surface area (Å²) in [6.07, 6.45) is 2.56. The molecule has 0 aliphatic rings. The maximum atomic E-state index is 14.8. The summed E-state index contributed by atoms with van der Waals surface area (Å²) >= 11 is 0. The van der Waals surface area contributed by atoms with Crippen LogP contribution in [0.5, 0.6) is 0 Å². The second-order valence-corrected chi connectivity index (χ2v) is 8.05. The van der Waals surface area contributed by atoms with Crippen LogP contribution >= 0.6 is 0 Å². The third-order valence-corrected chi connectivity index (χ3v) is 5.47. The third-order valence-electron chi connectivity index (χ3n) is 5.47. The summed E-state index contributed by atoms with van der Waals surface area (Å²) in [5.41, 5.74) is 3.66. The van der Waals surface area contributed by atoms with Gasteiger partial charge in [0, 0.05) is 18.4 Å². The van der Waals surface area contributed by atoms with Crippen molar-refractivity contribution in [2.75, 3.05) is 0 Å². The van der Waals surface area contributed by atoms with Gasteiger partial charge in [-0.05, 0) is 34.7 Å². The molecule has 4 rings (SSSR count). The summed E-state index contributed by atoms with van der Waals surface area (Å²) in [6.45, 7) is 4.04. The van der Waals surface area contributed by atoms with Crippen LogP contribution in [0.1, 0.15) is 56.7 Å². The SMILES string of the molecule is CCCCc1nc(C(F)(F)CCC)n(Cc2ccc(-c3ccccc3-c3nn[nH]n3)cc2)n1. The number of hydrogen-bond acceptors (Lipinski definition) is 5. The van der Waals surface area contributed by atoms with E-state index in [-0.39, 0.29) is 18.8 Å². The van der Waals surface area contributed by atoms with Gasteiger partial charge < -0.3 is 0 Å². The number of aromatic nitrogens is 7. The predicted octanol–water partition coefficient (Wildman–Crippen LogP) is 5.41. The number of rotatable bonds is 10. The fraction of sp³-hybridized carbons (Fsp3) is 0.375. The molecule has 1 N–H and O–H groups in total. The van der Waals surface area contributed by atoms with Gasteiger partial charge >= 0.3 is 5.92 Å². The van der Waals surface area contributed by atoms with E-state index in [0.29, 0.717) is 24.5 Å². The molecule has 7 nitrogen and oxygen atoms in total. The Hall–Kier alpha value is -3.49. The minimum absolute atomic E-state index is 0.237. The molecule has 0 radical (unpaired) electrons. The summed E-state index contributed by atoms with van der Waals surface area (Å²) in [7, 11) is 0. The van der Waals surface area contributed by atoms with Crippen LogP contribution in [-0.4, -0.2) is 35.4 Å². The normalized spacial score (nSPS) is 11.8. The minimum Gasteiger partial charge on any atom is -0.240 e. The first-order chi connectivity index (χ1) is 16.0. The molecule has 4 aromatic rings. The molecule has 172 valence electrons. The second-order valence-electron chi connectivity index (χ2n) is 8.05. The van der Waals surface area contributed by atoms with Crippen LogP contribution in [0.2, 0.25) is 0 Å². The fourth-order valence-corrected chi connectivity index (χ4v) is 3.80. The van der Waals surface area contributed by atoms with E-state index in [2.05, 4.69) is 37.6 Å². The first-order valence-corrected chi connectivity index (χ1v) is 11.3. The lowest BCUT2D eigenvalue weighted by Gasteiger charge is -2.16. The topological polar surface area (TPSA) is 85.2 Å². The molecule has 0 aliphatic heterocycles. The van der Waals surface area contributed by atoms with Gasteiger partial charge in [-0.15, -0.1) is 10.2 Å². The number of unbranched alkanes of at least 4 members (excludes halogenated alkanes) is 1. The van der Waals surface area contributed by atoms with E-state index in [9.17, 15) is 8.78 Å². The highest BCUT2D eigenvalue weighted by Crippen LogP contribution is 2.33. The van der Waals surface area contributed by atoms with E-state index in [4.69, 9.17) is 0 Å². The van der Waals surface area contributed by atoms with E-state index in [1.807, 2.05) is 48.5 Å². The Labute approximate surface area is 191 Å². The number of aromatic amines is 1. The van der Waals surface area contributed by atoms with Gasteiger partial charge in [0.1, 0.15) is 0 Å². The smallest absolute Gasteiger partial charge is 0.240 e. The third kappa shape index (κ3) is 5.13. The summed E-state index contributed by atoms with van der Waals surface area (Å²) in [6, 6.07) is 15.6. The average molecular weight is 452 g/mol. The average Bonchev–Trinajstić information content (AvgIpc) is 3.49. The number of aryl methyl sites for hydroxylation is 1. The van der Waals surface area contributed by atoms with Crippen LogP contribution in [0.25, 0.3) is 22.5 Å². The monoisotopic (exact) mass is 451 g/mol. The lowest BCUT2D eigenvalue weighted by atomic mass is 9.98. The molecule has 0 atom stereocenters. The van der Waals surface area contributed by atoms with Crippen LogP contribution in [-0.2, 0) is 18.9 Å². The van der Waals surface area contributed by atoms with Crippen molar-refractivity contribution in [3.8, 4) is 22.5 Å². The maximum Gasteiger partial charge on any atom is 0.306 e. The summed E-state index contributed by atoms with van der Waals surface area (Å²) < 4.78 is 30.9. The molecule has 0 fully saturated rings. The molecule has 0 saturated heterocycles. The lowest BCUT2D eigenvalue weighted by molar-refractivity contribution is -0.0270. The number of alkyl halides is 2. The number of benzene rings is 2. The summed E-state index contributed by atoms with van der Waals surface area (Å²) in [5, 5.41) is 18.7. The zero-order chi connectivity index (χ0) is 23.3. The molecule has 0 bridgehead atoms. The van der Waals surface area contributed by atoms with Gasteiger partial charge in [-0.1, -0.05) is 68.8 Å². The van der Waals surface area contributed by atoms with Gasteiger partial charge in [-0.2, -0.15) is 19.1 Å². The number of nitrogens with zero attached hydrogens (tertiary/aromatic N) is 6. The van der Waals surface area contributed by atoms with Crippen LogP contribution < -0.4 is 0 Å². The van der Waals surface area contributed by atoms with Crippen molar-refractivity contribution >= 4 is 0 Å². The molecule has 9 heteroatoms. The molecule has 2 heterocycles. The molecule has 0 saturated carbocycles. The lowest BCUT2D eigenvalue weighted by Crippen LogP contribution is -2.21. The Kier molecular flexibility index (Phi) is 6.86. The fourth-order valence-electron chi connectivity index (χ4n) is 3.80. The van der Waals surface area contributed by atoms with Crippen molar-refractivity contribution in [3.05, 3.63) is 65.7 Å². The second kappa shape index (κ2) is 9.97. The quantitative estimate of drug-likeness (QED) is 0.349. The van der Waals surface area contributed by atoms with E-state index in [0.717, 1.165) is 35.1 Å². The van der Waals surface area contributed by atoms with E-state index >= 15 is 0 Å². The van der Waals surface area contributed by atoms with Gasteiger partial charge in [0.05, 0.1) is 6.54 Å². The first-order valence-electron chi connectivity index (χ1n) is 11.3. The van der Waals surface area contributed by atoms with Crippen LogP contribution in [0.15, 0.2) is 48.5 Å². The number of tetrazole rings is 1. The van der Waals surface area contributed by atoms with Gasteiger partial charge in [0.2, 0.25) is 5.82 Å². The molecule has 0 unspecified atom stereocenters. The molecule has 0 aliphatic carbocycles. The highest BCUT2D eigenvalue weighted by atomic mass is 19.3. The Balaban J connectivity index is 1.61. The molecule has 2 aromatic heterocycles. The minimum atomic E-state index is -3.00. The van der Waals surface area contributed by atoms with Crippen molar-refractivity contribution in [2.24, 2.45) is 0 Å². The van der Waals surface area contributed by atoms with Crippen LogP contribution in [0, 0.1) is 0 Å². The van der Waals surface area contributed by atoms with Crippen molar-refractivity contribution in [3.63, 3.8) is 0 Å². The number of nitrogens with one attached hydrogen (secondary N) is 1. The summed E-state index contributed by atoms with van der Waals surface area (Å²) in [4.78, 5) is 4.22. The number of H-pyrrole nitrogens is 1. The van der Waals surface area contributed by atoms with Gasteiger partial charge in [0.25, 0.3) is 0 Å². The zero-order valence-corrected chi connectivity index (χ0v) is 18.8. The molecule has 2 aromatic carbocycles. The Morgan fingerprint density at radius 1 is 0.970 bits per heavy atom. The van der Waals surface area contributed by atoms with E-state index in [1.165, 1.54) is 4.68 Å². The highest BCUT2D eigenvalue weighted by molar-refractivity contribution is 5.80.